The van der Waals surface area contributed by atoms with E-state index in [1.807, 2.05) is 5.32 Å². The van der Waals surface area contributed by atoms with Crippen LogP contribution in [-0.2, 0) is 11.2 Å². The molecule has 0 fully saturated rings. The SMILES string of the molecule is O=C(NCC(F)(F)C(F)F)N[C@H](Cc1cnc[nH]1)C(=O)O. The fraction of sp³-hybridized carbons (Fsp3) is 0.500. The van der Waals surface area contributed by atoms with Crippen molar-refractivity contribution in [3.05, 3.63) is 18.2 Å². The zero-order valence-electron chi connectivity index (χ0n) is 10.4. The van der Waals surface area contributed by atoms with Crippen molar-refractivity contribution >= 4 is 12.0 Å². The van der Waals surface area contributed by atoms with E-state index in [0.717, 1.165) is 0 Å². The number of H-pyrrole nitrogens is 1. The summed E-state index contributed by atoms with van der Waals surface area (Å²) in [6.45, 7) is -1.60. The Balaban J connectivity index is 2.52. The smallest absolute Gasteiger partial charge is 0.326 e. The number of halogens is 4. The van der Waals surface area contributed by atoms with Crippen LogP contribution in [0.3, 0.4) is 0 Å². The predicted octanol–water partition coefficient (Wildman–Crippen LogP) is 0.605. The number of imidazole rings is 1. The van der Waals surface area contributed by atoms with Gasteiger partial charge < -0.3 is 20.7 Å². The van der Waals surface area contributed by atoms with Gasteiger partial charge >= 0.3 is 24.3 Å². The molecule has 118 valence electrons. The van der Waals surface area contributed by atoms with Gasteiger partial charge in [0.1, 0.15) is 6.04 Å². The van der Waals surface area contributed by atoms with Gasteiger partial charge in [-0.2, -0.15) is 8.78 Å². The van der Waals surface area contributed by atoms with E-state index in [0.29, 0.717) is 5.69 Å². The highest BCUT2D eigenvalue weighted by atomic mass is 19.3. The van der Waals surface area contributed by atoms with Gasteiger partial charge in [-0.25, -0.2) is 23.4 Å². The molecule has 1 aromatic heterocycles. The number of amides is 2. The van der Waals surface area contributed by atoms with Crippen LogP contribution in [-0.4, -0.2) is 52.0 Å². The summed E-state index contributed by atoms with van der Waals surface area (Å²) in [5, 5.41) is 12.3. The molecular formula is C10H12F4N4O3. The molecule has 1 rings (SSSR count). The first-order valence-corrected chi connectivity index (χ1v) is 5.62. The molecule has 1 heterocycles. The van der Waals surface area contributed by atoms with Crippen LogP contribution in [0, 0.1) is 0 Å². The number of urea groups is 1. The van der Waals surface area contributed by atoms with Gasteiger partial charge in [-0.1, -0.05) is 0 Å². The van der Waals surface area contributed by atoms with Crippen LogP contribution < -0.4 is 10.6 Å². The standard InChI is InChI=1S/C10H12F4N4O3/c11-8(12)10(13,14)3-16-9(21)18-6(7(19)20)1-5-2-15-4-17-5/h2,4,6,8H,1,3H2,(H,15,17)(H,19,20)(H2,16,18,21)/t6-/m1/s1. The van der Waals surface area contributed by atoms with E-state index in [9.17, 15) is 27.2 Å². The molecule has 1 aromatic rings. The first-order valence-electron chi connectivity index (χ1n) is 5.62. The molecule has 0 saturated carbocycles. The number of aromatic nitrogens is 2. The van der Waals surface area contributed by atoms with E-state index in [-0.39, 0.29) is 6.42 Å². The summed E-state index contributed by atoms with van der Waals surface area (Å²) >= 11 is 0. The highest BCUT2D eigenvalue weighted by Gasteiger charge is 2.41. The summed E-state index contributed by atoms with van der Waals surface area (Å²) in [5.41, 5.74) is 0.389. The average Bonchev–Trinajstić information content (AvgIpc) is 2.88. The Labute approximate surface area is 115 Å². The zero-order valence-corrected chi connectivity index (χ0v) is 10.4. The second-order valence-corrected chi connectivity index (χ2v) is 4.06. The quantitative estimate of drug-likeness (QED) is 0.553. The predicted molar refractivity (Wildman–Crippen MR) is 61.2 cm³/mol. The molecule has 0 radical (unpaired) electrons. The first-order chi connectivity index (χ1) is 9.72. The zero-order chi connectivity index (χ0) is 16.0. The summed E-state index contributed by atoms with van der Waals surface area (Å²) in [4.78, 5) is 28.4. The Kier molecular flexibility index (Phi) is 5.50. The van der Waals surface area contributed by atoms with Gasteiger partial charge in [0.15, 0.2) is 0 Å². The van der Waals surface area contributed by atoms with Gasteiger partial charge in [0.2, 0.25) is 0 Å². The van der Waals surface area contributed by atoms with Crippen molar-refractivity contribution in [3.8, 4) is 0 Å². The normalized spacial score (nSPS) is 13.0. The van der Waals surface area contributed by atoms with E-state index in [2.05, 4.69) is 9.97 Å². The Hall–Kier alpha value is -2.33. The number of hydrogen-bond donors (Lipinski definition) is 4. The van der Waals surface area contributed by atoms with Crippen LogP contribution in [0.4, 0.5) is 22.4 Å². The van der Waals surface area contributed by atoms with E-state index in [1.165, 1.54) is 17.8 Å². The summed E-state index contributed by atoms with van der Waals surface area (Å²) < 4.78 is 48.9. The average molecular weight is 312 g/mol. The van der Waals surface area contributed by atoms with Crippen molar-refractivity contribution in [3.63, 3.8) is 0 Å². The highest BCUT2D eigenvalue weighted by Crippen LogP contribution is 2.21. The van der Waals surface area contributed by atoms with Crippen molar-refractivity contribution in [1.82, 2.24) is 20.6 Å². The molecule has 0 aliphatic rings. The minimum atomic E-state index is -4.39. The summed E-state index contributed by atoms with van der Waals surface area (Å²) in [6.07, 6.45) is -1.50. The molecule has 0 unspecified atom stereocenters. The number of nitrogens with zero attached hydrogens (tertiary/aromatic N) is 1. The fourth-order valence-corrected chi connectivity index (χ4v) is 1.30. The topological polar surface area (TPSA) is 107 Å². The third-order valence-corrected chi connectivity index (χ3v) is 2.39. The maximum absolute atomic E-state index is 12.6. The maximum atomic E-state index is 12.6. The van der Waals surface area contributed by atoms with Gasteiger partial charge in [-0.15, -0.1) is 0 Å². The van der Waals surface area contributed by atoms with Crippen molar-refractivity contribution in [2.75, 3.05) is 6.54 Å². The number of aromatic amines is 1. The number of aliphatic carboxylic acids is 1. The number of nitrogens with one attached hydrogen (secondary N) is 3. The second kappa shape index (κ2) is 6.90. The van der Waals surface area contributed by atoms with Crippen LogP contribution in [0.1, 0.15) is 5.69 Å². The molecule has 21 heavy (non-hydrogen) atoms. The molecule has 11 heteroatoms. The van der Waals surface area contributed by atoms with E-state index >= 15 is 0 Å². The Morgan fingerprint density at radius 3 is 2.57 bits per heavy atom. The van der Waals surface area contributed by atoms with Crippen LogP contribution in [0.25, 0.3) is 0 Å². The second-order valence-electron chi connectivity index (χ2n) is 4.06. The van der Waals surface area contributed by atoms with Crippen LogP contribution in [0.15, 0.2) is 12.5 Å². The largest absolute Gasteiger partial charge is 0.480 e. The third-order valence-electron chi connectivity index (χ3n) is 2.39. The molecular weight excluding hydrogens is 300 g/mol. The number of alkyl halides is 4. The Bertz CT molecular complexity index is 481. The van der Waals surface area contributed by atoms with Crippen molar-refractivity contribution in [2.45, 2.75) is 24.8 Å². The maximum Gasteiger partial charge on any atom is 0.326 e. The Morgan fingerprint density at radius 2 is 2.10 bits per heavy atom. The third kappa shape index (κ3) is 5.28. The molecule has 1 atom stereocenters. The van der Waals surface area contributed by atoms with Crippen LogP contribution in [0.2, 0.25) is 0 Å². The summed E-state index contributed by atoms with van der Waals surface area (Å²) in [6, 6.07) is -2.71. The van der Waals surface area contributed by atoms with Crippen LogP contribution >= 0.6 is 0 Å². The monoisotopic (exact) mass is 312 g/mol. The number of carbonyl (C=O) groups excluding carboxylic acids is 1. The lowest BCUT2D eigenvalue weighted by Gasteiger charge is -2.18. The molecule has 0 spiro atoms. The molecule has 0 saturated heterocycles. The van der Waals surface area contributed by atoms with Gasteiger partial charge in [0.25, 0.3) is 0 Å². The number of carbonyl (C=O) groups is 2. The van der Waals surface area contributed by atoms with E-state index < -0.39 is 36.9 Å². The molecule has 2 amide bonds. The van der Waals surface area contributed by atoms with Crippen molar-refractivity contribution < 1.29 is 32.3 Å². The Morgan fingerprint density at radius 1 is 1.43 bits per heavy atom. The molecule has 4 N–H and O–H groups in total. The van der Waals surface area contributed by atoms with Crippen LogP contribution in [0.5, 0.6) is 0 Å². The molecule has 7 nitrogen and oxygen atoms in total. The van der Waals surface area contributed by atoms with Gasteiger partial charge in [0, 0.05) is 18.3 Å². The van der Waals surface area contributed by atoms with Gasteiger partial charge in [-0.05, 0) is 0 Å². The van der Waals surface area contributed by atoms with Crippen molar-refractivity contribution in [2.24, 2.45) is 0 Å². The van der Waals surface area contributed by atoms with Crippen molar-refractivity contribution in [1.29, 1.82) is 0 Å². The lowest BCUT2D eigenvalue weighted by Crippen LogP contribution is -2.50. The van der Waals surface area contributed by atoms with E-state index in [4.69, 9.17) is 5.11 Å². The van der Waals surface area contributed by atoms with E-state index in [1.54, 1.807) is 0 Å². The summed E-state index contributed by atoms with van der Waals surface area (Å²) in [7, 11) is 0. The number of hydrogen-bond acceptors (Lipinski definition) is 3. The van der Waals surface area contributed by atoms with Gasteiger partial charge in [-0.3, -0.25) is 0 Å². The molecule has 0 aliphatic carbocycles. The minimum Gasteiger partial charge on any atom is -0.480 e. The lowest BCUT2D eigenvalue weighted by molar-refractivity contribution is -0.139. The van der Waals surface area contributed by atoms with Gasteiger partial charge in [0.05, 0.1) is 12.9 Å². The number of carboxylic acids is 1. The minimum absolute atomic E-state index is 0.173. The fourth-order valence-electron chi connectivity index (χ4n) is 1.30. The summed E-state index contributed by atoms with van der Waals surface area (Å²) in [5.74, 6) is -5.81. The first kappa shape index (κ1) is 16.7. The number of carboxylic acid groups (broad SMARTS) is 1. The lowest BCUT2D eigenvalue weighted by atomic mass is 10.2. The molecule has 0 bridgehead atoms. The molecule has 0 aromatic carbocycles. The number of rotatable bonds is 7. The molecule has 0 aliphatic heterocycles. The highest BCUT2D eigenvalue weighted by molar-refractivity contribution is 5.82.